The summed E-state index contributed by atoms with van der Waals surface area (Å²) in [5, 5.41) is 14.9. The van der Waals surface area contributed by atoms with Crippen LogP contribution in [-0.2, 0) is 7.05 Å². The maximum Gasteiger partial charge on any atom is 0.261 e. The summed E-state index contributed by atoms with van der Waals surface area (Å²) in [6, 6.07) is 9.55. The van der Waals surface area contributed by atoms with Crippen molar-refractivity contribution in [3.63, 3.8) is 0 Å². The zero-order valence-corrected chi connectivity index (χ0v) is 17.8. The van der Waals surface area contributed by atoms with E-state index < -0.39 is 0 Å². The van der Waals surface area contributed by atoms with E-state index in [2.05, 4.69) is 30.8 Å². The molecule has 1 aromatic carbocycles. The Labute approximate surface area is 184 Å². The lowest BCUT2D eigenvalue weighted by molar-refractivity contribution is 0.102. The van der Waals surface area contributed by atoms with Crippen LogP contribution in [0.25, 0.3) is 17.0 Å². The average Bonchev–Trinajstić information content (AvgIpc) is 3.41. The Morgan fingerprint density at radius 2 is 2.09 bits per heavy atom. The predicted molar refractivity (Wildman–Crippen MR) is 121 cm³/mol. The van der Waals surface area contributed by atoms with Crippen molar-refractivity contribution in [1.29, 1.82) is 0 Å². The number of nitrogens with one attached hydrogen (secondary N) is 2. The number of nitrogens with zero attached hydrogens (tertiary/aromatic N) is 6. The maximum absolute atomic E-state index is 13.0. The molecule has 0 saturated heterocycles. The monoisotopic (exact) mass is 431 g/mol. The fourth-order valence-electron chi connectivity index (χ4n) is 4.04. The highest BCUT2D eigenvalue weighted by atomic mass is 16.1. The molecule has 0 unspecified atom stereocenters. The summed E-state index contributed by atoms with van der Waals surface area (Å²) >= 11 is 0. The molecule has 0 radical (unpaired) electrons. The lowest BCUT2D eigenvalue weighted by Crippen LogP contribution is -2.42. The van der Waals surface area contributed by atoms with Crippen molar-refractivity contribution < 1.29 is 4.79 Å². The van der Waals surface area contributed by atoms with Gasteiger partial charge in [-0.25, -0.2) is 14.5 Å². The number of benzene rings is 1. The molecule has 3 aromatic heterocycles. The van der Waals surface area contributed by atoms with Crippen LogP contribution >= 0.6 is 0 Å². The number of carbonyl (C=O) groups is 1. The zero-order valence-electron chi connectivity index (χ0n) is 17.8. The molecule has 0 spiro atoms. The lowest BCUT2D eigenvalue weighted by atomic mass is 9.91. The molecule has 10 nitrogen and oxygen atoms in total. The molecule has 4 N–H and O–H groups in total. The molecule has 164 valence electrons. The van der Waals surface area contributed by atoms with Gasteiger partial charge in [-0.05, 0) is 31.0 Å². The van der Waals surface area contributed by atoms with E-state index in [1.807, 2.05) is 37.4 Å². The molecule has 32 heavy (non-hydrogen) atoms. The summed E-state index contributed by atoms with van der Waals surface area (Å²) in [6.45, 7) is 0. The van der Waals surface area contributed by atoms with Crippen LogP contribution in [0.1, 0.15) is 36.0 Å². The minimum absolute atomic E-state index is 0.107. The number of carbonyl (C=O) groups excluding carboxylic acids is 1. The Balaban J connectivity index is 1.37. The largest absolute Gasteiger partial charge is 0.366 e. The molecule has 0 bridgehead atoms. The Morgan fingerprint density at radius 1 is 1.22 bits per heavy atom. The van der Waals surface area contributed by atoms with Crippen molar-refractivity contribution in [3.05, 3.63) is 54.6 Å². The van der Waals surface area contributed by atoms with Crippen molar-refractivity contribution in [3.8, 4) is 11.4 Å². The van der Waals surface area contributed by atoms with E-state index >= 15 is 0 Å². The normalized spacial score (nSPS) is 18.6. The fourth-order valence-corrected chi connectivity index (χ4v) is 4.04. The minimum Gasteiger partial charge on any atom is -0.366 e. The molecule has 4 aromatic rings. The fraction of sp³-hybridized carbons (Fsp3) is 0.318. The molecular weight excluding hydrogens is 406 g/mol. The highest BCUT2D eigenvalue weighted by Crippen LogP contribution is 2.22. The van der Waals surface area contributed by atoms with Gasteiger partial charge in [0.1, 0.15) is 17.7 Å². The van der Waals surface area contributed by atoms with E-state index in [4.69, 9.17) is 5.73 Å². The molecule has 10 heteroatoms. The molecule has 1 fully saturated rings. The van der Waals surface area contributed by atoms with Crippen LogP contribution in [0.3, 0.4) is 0 Å². The van der Waals surface area contributed by atoms with Gasteiger partial charge in [0, 0.05) is 36.6 Å². The summed E-state index contributed by atoms with van der Waals surface area (Å²) in [7, 11) is 1.81. The molecule has 3 heterocycles. The van der Waals surface area contributed by atoms with Crippen LogP contribution < -0.4 is 16.4 Å². The summed E-state index contributed by atoms with van der Waals surface area (Å²) in [5.41, 5.74) is 8.59. The van der Waals surface area contributed by atoms with Gasteiger partial charge < -0.3 is 16.4 Å². The van der Waals surface area contributed by atoms with Gasteiger partial charge in [0.25, 0.3) is 5.91 Å². The number of rotatable bonds is 5. The number of nitrogens with two attached hydrogens (primary N) is 1. The van der Waals surface area contributed by atoms with Gasteiger partial charge in [-0.3, -0.25) is 9.48 Å². The third-order valence-corrected chi connectivity index (χ3v) is 5.74. The molecule has 2 atom stereocenters. The van der Waals surface area contributed by atoms with Crippen molar-refractivity contribution in [2.75, 3.05) is 10.6 Å². The Hall–Kier alpha value is -3.79. The first-order chi connectivity index (χ1) is 15.6. The number of hydrogen-bond donors (Lipinski definition) is 3. The first-order valence-corrected chi connectivity index (χ1v) is 10.7. The molecule has 5 rings (SSSR count). The minimum atomic E-state index is -0.287. The highest BCUT2D eigenvalue weighted by molar-refractivity contribution is 6.08. The summed E-state index contributed by atoms with van der Waals surface area (Å²) in [6.07, 6.45) is 9.30. The van der Waals surface area contributed by atoms with Gasteiger partial charge in [0.15, 0.2) is 11.5 Å². The Bertz CT molecular complexity index is 1260. The topological polar surface area (TPSA) is 128 Å². The second-order valence-electron chi connectivity index (χ2n) is 8.12. The summed E-state index contributed by atoms with van der Waals surface area (Å²) in [4.78, 5) is 21.9. The van der Waals surface area contributed by atoms with Crippen LogP contribution in [0.4, 0.5) is 11.5 Å². The Kier molecular flexibility index (Phi) is 5.28. The number of hydrogen-bond acceptors (Lipinski definition) is 7. The number of amides is 1. The van der Waals surface area contributed by atoms with Crippen LogP contribution in [0.15, 0.2) is 49.1 Å². The summed E-state index contributed by atoms with van der Waals surface area (Å²) in [5.74, 6) is 1.00. The highest BCUT2D eigenvalue weighted by Gasteiger charge is 2.22. The Morgan fingerprint density at radius 3 is 2.91 bits per heavy atom. The SMILES string of the molecule is Cn1cnc(-c2cccc(NC(=O)c3cnn4ccc(N[C@H]5CCCC[C@H]5N)nc34)c2)n1. The molecule has 1 amide bonds. The number of fused-ring (bicyclic) bond motifs is 1. The van der Waals surface area contributed by atoms with E-state index in [1.165, 1.54) is 6.20 Å². The van der Waals surface area contributed by atoms with Crippen LogP contribution in [0.5, 0.6) is 0 Å². The molecule has 1 aliphatic carbocycles. The van der Waals surface area contributed by atoms with Crippen LogP contribution in [-0.4, -0.2) is 47.4 Å². The first-order valence-electron chi connectivity index (χ1n) is 10.7. The first kappa shape index (κ1) is 20.1. The molecule has 0 aliphatic heterocycles. The van der Waals surface area contributed by atoms with Crippen molar-refractivity contribution >= 4 is 23.1 Å². The van der Waals surface area contributed by atoms with Crippen molar-refractivity contribution in [2.24, 2.45) is 12.8 Å². The maximum atomic E-state index is 13.0. The third kappa shape index (κ3) is 4.04. The van der Waals surface area contributed by atoms with Gasteiger partial charge in [-0.1, -0.05) is 25.0 Å². The molecule has 1 saturated carbocycles. The second-order valence-corrected chi connectivity index (χ2v) is 8.12. The number of aryl methyl sites for hydroxylation is 1. The van der Waals surface area contributed by atoms with Gasteiger partial charge >= 0.3 is 0 Å². The second kappa shape index (κ2) is 8.39. The van der Waals surface area contributed by atoms with Crippen LogP contribution in [0, 0.1) is 0 Å². The molecule has 1 aliphatic rings. The van der Waals surface area contributed by atoms with Gasteiger partial charge in [-0.2, -0.15) is 10.2 Å². The van der Waals surface area contributed by atoms with E-state index in [-0.39, 0.29) is 18.0 Å². The van der Waals surface area contributed by atoms with Gasteiger partial charge in [0.2, 0.25) is 0 Å². The summed E-state index contributed by atoms with van der Waals surface area (Å²) < 4.78 is 3.23. The van der Waals surface area contributed by atoms with E-state index in [0.717, 1.165) is 31.2 Å². The van der Waals surface area contributed by atoms with Gasteiger partial charge in [-0.15, -0.1) is 0 Å². The van der Waals surface area contributed by atoms with E-state index in [1.54, 1.807) is 21.7 Å². The van der Waals surface area contributed by atoms with Crippen LogP contribution in [0.2, 0.25) is 0 Å². The smallest absolute Gasteiger partial charge is 0.261 e. The third-order valence-electron chi connectivity index (χ3n) is 5.74. The predicted octanol–water partition coefficient (Wildman–Crippen LogP) is 2.46. The number of aromatic nitrogens is 6. The lowest BCUT2D eigenvalue weighted by Gasteiger charge is -2.29. The standard InChI is InChI=1S/C22H25N9O/c1-30-13-24-20(29-30)14-5-4-6-15(11-14)26-22(32)16-12-25-31-10-9-19(28-21(16)31)27-18-8-3-2-7-17(18)23/h4-6,9-13,17-18H,2-3,7-8,23H2,1H3,(H,26,32)(H,27,28)/t17-,18+/m1/s1. The van der Waals surface area contributed by atoms with E-state index in [0.29, 0.717) is 28.5 Å². The van der Waals surface area contributed by atoms with Gasteiger partial charge in [0.05, 0.1) is 6.20 Å². The molecular formula is C22H25N9O. The van der Waals surface area contributed by atoms with Crippen molar-refractivity contribution in [1.82, 2.24) is 29.4 Å². The van der Waals surface area contributed by atoms with Crippen molar-refractivity contribution in [2.45, 2.75) is 37.8 Å². The quantitative estimate of drug-likeness (QED) is 0.443. The number of anilines is 2. The average molecular weight is 432 g/mol. The zero-order chi connectivity index (χ0) is 22.1. The van der Waals surface area contributed by atoms with E-state index in [9.17, 15) is 4.79 Å².